The normalized spacial score (nSPS) is 11.8. The molecule has 0 saturated heterocycles. The van der Waals surface area contributed by atoms with Gasteiger partial charge in [-0.05, 0) is 37.0 Å². The molecule has 0 aliphatic rings. The Bertz CT molecular complexity index is 446. The molecule has 0 radical (unpaired) electrons. The summed E-state index contributed by atoms with van der Waals surface area (Å²) in [5, 5.41) is 11.4. The van der Waals surface area contributed by atoms with Crippen LogP contribution in [0.25, 0.3) is 0 Å². The second-order valence-corrected chi connectivity index (χ2v) is 4.71. The SMILES string of the molecule is CC(CCNC(=O)c1cccc(N)c1)CCC(=O)O. The van der Waals surface area contributed by atoms with Crippen LogP contribution in [0.2, 0.25) is 0 Å². The number of anilines is 1. The van der Waals surface area contributed by atoms with Gasteiger partial charge in [0, 0.05) is 24.2 Å². The second-order valence-electron chi connectivity index (χ2n) is 4.71. The summed E-state index contributed by atoms with van der Waals surface area (Å²) < 4.78 is 0. The molecule has 0 fully saturated rings. The highest BCUT2D eigenvalue weighted by atomic mass is 16.4. The zero-order valence-electron chi connectivity index (χ0n) is 11.1. The van der Waals surface area contributed by atoms with E-state index in [1.165, 1.54) is 0 Å². The molecule has 0 saturated carbocycles. The van der Waals surface area contributed by atoms with E-state index in [4.69, 9.17) is 10.8 Å². The number of hydrogen-bond acceptors (Lipinski definition) is 3. The Kier molecular flexibility index (Phi) is 5.85. The highest BCUT2D eigenvalue weighted by Gasteiger charge is 2.08. The number of carbonyl (C=O) groups excluding carboxylic acids is 1. The van der Waals surface area contributed by atoms with Gasteiger partial charge >= 0.3 is 5.97 Å². The number of hydrogen-bond donors (Lipinski definition) is 3. The molecular weight excluding hydrogens is 244 g/mol. The van der Waals surface area contributed by atoms with E-state index in [1.54, 1.807) is 24.3 Å². The number of nitrogen functional groups attached to an aromatic ring is 1. The molecule has 19 heavy (non-hydrogen) atoms. The lowest BCUT2D eigenvalue weighted by Gasteiger charge is -2.11. The molecule has 0 spiro atoms. The molecule has 1 aromatic carbocycles. The average Bonchev–Trinajstić information content (AvgIpc) is 2.36. The maximum atomic E-state index is 11.8. The minimum Gasteiger partial charge on any atom is -0.481 e. The summed E-state index contributed by atoms with van der Waals surface area (Å²) in [5.74, 6) is -0.661. The largest absolute Gasteiger partial charge is 0.481 e. The second kappa shape index (κ2) is 7.41. The zero-order valence-corrected chi connectivity index (χ0v) is 11.1. The Morgan fingerprint density at radius 2 is 2.11 bits per heavy atom. The maximum Gasteiger partial charge on any atom is 0.303 e. The van der Waals surface area contributed by atoms with E-state index < -0.39 is 5.97 Å². The first-order valence-electron chi connectivity index (χ1n) is 6.34. The van der Waals surface area contributed by atoms with Crippen molar-refractivity contribution in [1.82, 2.24) is 5.32 Å². The molecule has 1 rings (SSSR count). The zero-order chi connectivity index (χ0) is 14.3. The minimum atomic E-state index is -0.782. The van der Waals surface area contributed by atoms with Crippen LogP contribution in [-0.4, -0.2) is 23.5 Å². The number of nitrogens with two attached hydrogens (primary N) is 1. The fourth-order valence-corrected chi connectivity index (χ4v) is 1.73. The predicted octanol–water partition coefficient (Wildman–Crippen LogP) is 1.89. The van der Waals surface area contributed by atoms with Crippen molar-refractivity contribution in [3.63, 3.8) is 0 Å². The molecule has 1 amide bonds. The quantitative estimate of drug-likeness (QED) is 0.656. The Morgan fingerprint density at radius 1 is 1.37 bits per heavy atom. The molecular formula is C14H20N2O3. The Labute approximate surface area is 112 Å². The van der Waals surface area contributed by atoms with Crippen LogP contribution in [0.1, 0.15) is 36.5 Å². The van der Waals surface area contributed by atoms with Gasteiger partial charge in [-0.3, -0.25) is 9.59 Å². The molecule has 5 heteroatoms. The van der Waals surface area contributed by atoms with Gasteiger partial charge in [0.25, 0.3) is 5.91 Å². The van der Waals surface area contributed by atoms with Crippen molar-refractivity contribution in [2.24, 2.45) is 5.92 Å². The predicted molar refractivity (Wildman–Crippen MR) is 73.8 cm³/mol. The lowest BCUT2D eigenvalue weighted by molar-refractivity contribution is -0.137. The number of aliphatic carboxylic acids is 1. The summed E-state index contributed by atoms with van der Waals surface area (Å²) >= 11 is 0. The van der Waals surface area contributed by atoms with Gasteiger partial charge in [-0.25, -0.2) is 0 Å². The standard InChI is InChI=1S/C14H20N2O3/c1-10(5-6-13(17)18)7-8-16-14(19)11-3-2-4-12(15)9-11/h2-4,9-10H,5-8,15H2,1H3,(H,16,19)(H,17,18). The van der Waals surface area contributed by atoms with Crippen LogP contribution in [0, 0.1) is 5.92 Å². The monoisotopic (exact) mass is 264 g/mol. The summed E-state index contributed by atoms with van der Waals surface area (Å²) in [6.45, 7) is 2.52. The topological polar surface area (TPSA) is 92.4 Å². The maximum absolute atomic E-state index is 11.8. The Hall–Kier alpha value is -2.04. The molecule has 0 aliphatic carbocycles. The highest BCUT2D eigenvalue weighted by molar-refractivity contribution is 5.94. The van der Waals surface area contributed by atoms with E-state index in [0.717, 1.165) is 6.42 Å². The molecule has 1 atom stereocenters. The van der Waals surface area contributed by atoms with Gasteiger partial charge in [0.2, 0.25) is 0 Å². The van der Waals surface area contributed by atoms with E-state index in [2.05, 4.69) is 5.32 Å². The van der Waals surface area contributed by atoms with E-state index in [1.807, 2.05) is 6.92 Å². The van der Waals surface area contributed by atoms with Crippen molar-refractivity contribution in [2.45, 2.75) is 26.2 Å². The van der Waals surface area contributed by atoms with Crippen LogP contribution in [0.4, 0.5) is 5.69 Å². The van der Waals surface area contributed by atoms with E-state index in [0.29, 0.717) is 24.2 Å². The third-order valence-corrected chi connectivity index (χ3v) is 2.92. The molecule has 1 aromatic rings. The van der Waals surface area contributed by atoms with Gasteiger partial charge in [0.15, 0.2) is 0 Å². The number of benzene rings is 1. The Morgan fingerprint density at radius 3 is 2.74 bits per heavy atom. The van der Waals surface area contributed by atoms with Crippen molar-refractivity contribution in [1.29, 1.82) is 0 Å². The van der Waals surface area contributed by atoms with Crippen LogP contribution >= 0.6 is 0 Å². The molecule has 0 aromatic heterocycles. The first-order valence-corrected chi connectivity index (χ1v) is 6.34. The number of carboxylic acid groups (broad SMARTS) is 1. The van der Waals surface area contributed by atoms with E-state index >= 15 is 0 Å². The van der Waals surface area contributed by atoms with Crippen LogP contribution in [0.3, 0.4) is 0 Å². The number of rotatable bonds is 7. The highest BCUT2D eigenvalue weighted by Crippen LogP contribution is 2.10. The minimum absolute atomic E-state index is 0.155. The van der Waals surface area contributed by atoms with Gasteiger partial charge in [-0.1, -0.05) is 13.0 Å². The summed E-state index contributed by atoms with van der Waals surface area (Å²) in [6, 6.07) is 6.80. The molecule has 1 unspecified atom stereocenters. The Balaban J connectivity index is 2.29. The fourth-order valence-electron chi connectivity index (χ4n) is 1.73. The van der Waals surface area contributed by atoms with Crippen molar-refractivity contribution in [3.8, 4) is 0 Å². The molecule has 4 N–H and O–H groups in total. The van der Waals surface area contributed by atoms with Gasteiger partial charge in [-0.15, -0.1) is 0 Å². The summed E-state index contributed by atoms with van der Waals surface area (Å²) in [6.07, 6.45) is 1.56. The van der Waals surface area contributed by atoms with Crippen LogP contribution in [-0.2, 0) is 4.79 Å². The summed E-state index contributed by atoms with van der Waals surface area (Å²) in [7, 11) is 0. The van der Waals surface area contributed by atoms with E-state index in [9.17, 15) is 9.59 Å². The van der Waals surface area contributed by atoms with Crippen molar-refractivity contribution >= 4 is 17.6 Å². The number of nitrogens with one attached hydrogen (secondary N) is 1. The van der Waals surface area contributed by atoms with Crippen molar-refractivity contribution in [3.05, 3.63) is 29.8 Å². The molecule has 5 nitrogen and oxygen atoms in total. The number of carboxylic acids is 1. The van der Waals surface area contributed by atoms with Gasteiger partial charge in [0.05, 0.1) is 0 Å². The molecule has 104 valence electrons. The van der Waals surface area contributed by atoms with E-state index in [-0.39, 0.29) is 18.2 Å². The summed E-state index contributed by atoms with van der Waals surface area (Å²) in [5.41, 5.74) is 6.70. The molecule has 0 aliphatic heterocycles. The number of carbonyl (C=O) groups is 2. The fraction of sp³-hybridized carbons (Fsp3) is 0.429. The van der Waals surface area contributed by atoms with Gasteiger partial charge in [0.1, 0.15) is 0 Å². The third-order valence-electron chi connectivity index (χ3n) is 2.92. The first kappa shape index (κ1) is 15.0. The molecule has 0 heterocycles. The smallest absolute Gasteiger partial charge is 0.303 e. The lowest BCUT2D eigenvalue weighted by atomic mass is 10.0. The third kappa shape index (κ3) is 5.90. The van der Waals surface area contributed by atoms with Gasteiger partial charge < -0.3 is 16.2 Å². The number of amides is 1. The van der Waals surface area contributed by atoms with Crippen LogP contribution in [0.15, 0.2) is 24.3 Å². The summed E-state index contributed by atoms with van der Waals surface area (Å²) in [4.78, 5) is 22.2. The molecule has 0 bridgehead atoms. The lowest BCUT2D eigenvalue weighted by Crippen LogP contribution is -2.25. The van der Waals surface area contributed by atoms with Crippen molar-refractivity contribution < 1.29 is 14.7 Å². The van der Waals surface area contributed by atoms with Gasteiger partial charge in [-0.2, -0.15) is 0 Å². The van der Waals surface area contributed by atoms with Crippen molar-refractivity contribution in [2.75, 3.05) is 12.3 Å². The first-order chi connectivity index (χ1) is 8.99. The van der Waals surface area contributed by atoms with Crippen LogP contribution in [0.5, 0.6) is 0 Å². The van der Waals surface area contributed by atoms with Crippen LogP contribution < -0.4 is 11.1 Å². The average molecular weight is 264 g/mol.